The SMILES string of the molecule is COCCOc1cncnc1. The molecule has 0 saturated carbocycles. The summed E-state index contributed by atoms with van der Waals surface area (Å²) in [5.41, 5.74) is 0. The van der Waals surface area contributed by atoms with Crippen LogP contribution in [0, 0.1) is 0 Å². The Morgan fingerprint density at radius 1 is 1.27 bits per heavy atom. The number of methoxy groups -OCH3 is 1. The first-order valence-electron chi connectivity index (χ1n) is 3.30. The van der Waals surface area contributed by atoms with E-state index in [1.807, 2.05) is 0 Å². The van der Waals surface area contributed by atoms with Crippen LogP contribution in [-0.4, -0.2) is 30.3 Å². The van der Waals surface area contributed by atoms with Crippen LogP contribution in [0.3, 0.4) is 0 Å². The summed E-state index contributed by atoms with van der Waals surface area (Å²) in [4.78, 5) is 7.57. The van der Waals surface area contributed by atoms with Crippen LogP contribution in [0.15, 0.2) is 18.7 Å². The zero-order valence-corrected chi connectivity index (χ0v) is 6.36. The molecule has 0 aliphatic heterocycles. The first-order valence-corrected chi connectivity index (χ1v) is 3.30. The average molecular weight is 154 g/mol. The molecule has 0 fully saturated rings. The predicted octanol–water partition coefficient (Wildman–Crippen LogP) is 0.502. The molecule has 11 heavy (non-hydrogen) atoms. The standard InChI is InChI=1S/C7H10N2O2/c1-10-2-3-11-7-4-8-6-9-5-7/h4-6H,2-3H2,1H3. The molecule has 1 aromatic heterocycles. The smallest absolute Gasteiger partial charge is 0.155 e. The fourth-order valence-electron chi connectivity index (χ4n) is 0.603. The third kappa shape index (κ3) is 2.95. The fourth-order valence-corrected chi connectivity index (χ4v) is 0.603. The van der Waals surface area contributed by atoms with Gasteiger partial charge in [-0.3, -0.25) is 0 Å². The third-order valence-electron chi connectivity index (χ3n) is 1.09. The summed E-state index contributed by atoms with van der Waals surface area (Å²) in [6, 6.07) is 0. The second kappa shape index (κ2) is 4.62. The molecule has 60 valence electrons. The highest BCUT2D eigenvalue weighted by Gasteiger charge is 1.90. The van der Waals surface area contributed by atoms with Crippen LogP contribution in [0.4, 0.5) is 0 Å². The molecule has 0 spiro atoms. The highest BCUT2D eigenvalue weighted by molar-refractivity contribution is 5.09. The lowest BCUT2D eigenvalue weighted by molar-refractivity contribution is 0.146. The molecule has 0 aliphatic rings. The van der Waals surface area contributed by atoms with Crippen LogP contribution in [0.25, 0.3) is 0 Å². The summed E-state index contributed by atoms with van der Waals surface area (Å²) >= 11 is 0. The van der Waals surface area contributed by atoms with E-state index in [4.69, 9.17) is 9.47 Å². The molecular weight excluding hydrogens is 144 g/mol. The average Bonchev–Trinajstić information content (AvgIpc) is 2.07. The fraction of sp³-hybridized carbons (Fsp3) is 0.429. The van der Waals surface area contributed by atoms with Gasteiger partial charge in [0.25, 0.3) is 0 Å². The van der Waals surface area contributed by atoms with Crippen molar-refractivity contribution in [2.45, 2.75) is 0 Å². The lowest BCUT2D eigenvalue weighted by atomic mass is 10.6. The molecule has 0 N–H and O–H groups in total. The Bertz CT molecular complexity index is 191. The van der Waals surface area contributed by atoms with E-state index in [9.17, 15) is 0 Å². The molecule has 0 atom stereocenters. The van der Waals surface area contributed by atoms with Gasteiger partial charge in [0.2, 0.25) is 0 Å². The summed E-state index contributed by atoms with van der Waals surface area (Å²) in [7, 11) is 1.63. The number of ether oxygens (including phenoxy) is 2. The van der Waals surface area contributed by atoms with Crippen LogP contribution in [-0.2, 0) is 4.74 Å². The molecule has 0 radical (unpaired) electrons. The molecule has 0 amide bonds. The Morgan fingerprint density at radius 2 is 2.00 bits per heavy atom. The molecule has 1 aromatic rings. The number of hydrogen-bond acceptors (Lipinski definition) is 4. The van der Waals surface area contributed by atoms with Gasteiger partial charge in [-0.1, -0.05) is 0 Å². The normalized spacial score (nSPS) is 9.55. The third-order valence-corrected chi connectivity index (χ3v) is 1.09. The van der Waals surface area contributed by atoms with Gasteiger partial charge in [0.1, 0.15) is 12.9 Å². The van der Waals surface area contributed by atoms with E-state index in [2.05, 4.69) is 9.97 Å². The molecule has 0 unspecified atom stereocenters. The van der Waals surface area contributed by atoms with Crippen molar-refractivity contribution in [1.29, 1.82) is 0 Å². The summed E-state index contributed by atoms with van der Waals surface area (Å²) in [6.07, 6.45) is 4.69. The van der Waals surface area contributed by atoms with Crippen molar-refractivity contribution in [3.8, 4) is 5.75 Å². The minimum absolute atomic E-state index is 0.532. The van der Waals surface area contributed by atoms with E-state index in [-0.39, 0.29) is 0 Å². The summed E-state index contributed by atoms with van der Waals surface area (Å²) < 4.78 is 9.99. The van der Waals surface area contributed by atoms with Crippen LogP contribution in [0.2, 0.25) is 0 Å². The Kier molecular flexibility index (Phi) is 3.34. The molecule has 4 heteroatoms. The Hall–Kier alpha value is -1.16. The minimum atomic E-state index is 0.532. The summed E-state index contributed by atoms with van der Waals surface area (Å²) in [5.74, 6) is 0.671. The summed E-state index contributed by atoms with van der Waals surface area (Å²) in [6.45, 7) is 1.11. The van der Waals surface area contributed by atoms with E-state index in [0.717, 1.165) is 0 Å². The largest absolute Gasteiger partial charge is 0.488 e. The van der Waals surface area contributed by atoms with Gasteiger partial charge in [0.05, 0.1) is 19.0 Å². The van der Waals surface area contributed by atoms with Crippen LogP contribution >= 0.6 is 0 Å². The highest BCUT2D eigenvalue weighted by Crippen LogP contribution is 2.02. The highest BCUT2D eigenvalue weighted by atomic mass is 16.5. The maximum atomic E-state index is 5.20. The summed E-state index contributed by atoms with van der Waals surface area (Å²) in [5, 5.41) is 0. The van der Waals surface area contributed by atoms with E-state index >= 15 is 0 Å². The van der Waals surface area contributed by atoms with E-state index < -0.39 is 0 Å². The number of hydrogen-bond donors (Lipinski definition) is 0. The minimum Gasteiger partial charge on any atom is -0.488 e. The van der Waals surface area contributed by atoms with E-state index in [0.29, 0.717) is 19.0 Å². The molecule has 4 nitrogen and oxygen atoms in total. The Balaban J connectivity index is 2.28. The molecular formula is C7H10N2O2. The molecule has 0 bridgehead atoms. The predicted molar refractivity (Wildman–Crippen MR) is 39.4 cm³/mol. The van der Waals surface area contributed by atoms with Crippen LogP contribution < -0.4 is 4.74 Å². The van der Waals surface area contributed by atoms with Gasteiger partial charge >= 0.3 is 0 Å². The number of rotatable bonds is 4. The van der Waals surface area contributed by atoms with Crippen LogP contribution in [0.1, 0.15) is 0 Å². The molecule has 0 saturated heterocycles. The van der Waals surface area contributed by atoms with Gasteiger partial charge in [-0.25, -0.2) is 9.97 Å². The van der Waals surface area contributed by atoms with Crippen molar-refractivity contribution < 1.29 is 9.47 Å². The van der Waals surface area contributed by atoms with Gasteiger partial charge in [0, 0.05) is 7.11 Å². The lowest BCUT2D eigenvalue weighted by Crippen LogP contribution is -2.04. The van der Waals surface area contributed by atoms with Gasteiger partial charge in [-0.15, -0.1) is 0 Å². The van der Waals surface area contributed by atoms with Crippen molar-refractivity contribution in [2.24, 2.45) is 0 Å². The maximum Gasteiger partial charge on any atom is 0.155 e. The number of aromatic nitrogens is 2. The zero-order valence-electron chi connectivity index (χ0n) is 6.36. The van der Waals surface area contributed by atoms with Gasteiger partial charge in [-0.2, -0.15) is 0 Å². The van der Waals surface area contributed by atoms with Crippen molar-refractivity contribution >= 4 is 0 Å². The molecule has 0 aromatic carbocycles. The zero-order chi connectivity index (χ0) is 7.94. The van der Waals surface area contributed by atoms with Crippen molar-refractivity contribution in [3.63, 3.8) is 0 Å². The molecule has 0 aliphatic carbocycles. The second-order valence-corrected chi connectivity index (χ2v) is 1.92. The van der Waals surface area contributed by atoms with Crippen molar-refractivity contribution in [1.82, 2.24) is 9.97 Å². The van der Waals surface area contributed by atoms with Gasteiger partial charge in [0.15, 0.2) is 5.75 Å². The molecule has 1 heterocycles. The topological polar surface area (TPSA) is 44.2 Å². The van der Waals surface area contributed by atoms with E-state index in [1.165, 1.54) is 6.33 Å². The monoisotopic (exact) mass is 154 g/mol. The first-order chi connectivity index (χ1) is 5.43. The van der Waals surface area contributed by atoms with Gasteiger partial charge < -0.3 is 9.47 Å². The van der Waals surface area contributed by atoms with Crippen molar-refractivity contribution in [2.75, 3.05) is 20.3 Å². The molecule has 1 rings (SSSR count). The van der Waals surface area contributed by atoms with E-state index in [1.54, 1.807) is 19.5 Å². The van der Waals surface area contributed by atoms with Crippen molar-refractivity contribution in [3.05, 3.63) is 18.7 Å². The maximum absolute atomic E-state index is 5.20. The van der Waals surface area contributed by atoms with Crippen LogP contribution in [0.5, 0.6) is 5.75 Å². The Morgan fingerprint density at radius 3 is 2.64 bits per heavy atom. The second-order valence-electron chi connectivity index (χ2n) is 1.92. The first kappa shape index (κ1) is 7.94. The lowest BCUT2D eigenvalue weighted by Gasteiger charge is -2.02. The number of nitrogens with zero attached hydrogens (tertiary/aromatic N) is 2. The Labute approximate surface area is 65.2 Å². The quantitative estimate of drug-likeness (QED) is 0.592. The van der Waals surface area contributed by atoms with Gasteiger partial charge in [-0.05, 0) is 0 Å².